The Bertz CT molecular complexity index is 399. The minimum atomic E-state index is -0.0747. The average Bonchev–Trinajstić information content (AvgIpc) is 2.97. The first-order chi connectivity index (χ1) is 8.65. The first-order valence-electron chi connectivity index (χ1n) is 6.23. The van der Waals surface area contributed by atoms with Crippen molar-refractivity contribution in [3.8, 4) is 0 Å². The number of aromatic nitrogens is 2. The van der Waals surface area contributed by atoms with E-state index in [9.17, 15) is 4.79 Å². The zero-order chi connectivity index (χ0) is 13.0. The van der Waals surface area contributed by atoms with E-state index in [1.807, 2.05) is 13.2 Å². The molecule has 0 unspecified atom stereocenters. The number of nitrogens with one attached hydrogen (secondary N) is 1. The van der Waals surface area contributed by atoms with E-state index >= 15 is 0 Å². The van der Waals surface area contributed by atoms with Crippen LogP contribution in [0.25, 0.3) is 0 Å². The van der Waals surface area contributed by atoms with E-state index < -0.39 is 0 Å². The number of nitrogens with zero attached hydrogens (tertiary/aromatic N) is 3. The largest absolute Gasteiger partial charge is 0.376 e. The highest BCUT2D eigenvalue weighted by atomic mass is 16.5. The molecule has 1 aromatic rings. The molecule has 0 spiro atoms. The molecule has 6 heteroatoms. The Morgan fingerprint density at radius 1 is 1.72 bits per heavy atom. The summed E-state index contributed by atoms with van der Waals surface area (Å²) in [4.78, 5) is 13.5. The predicted octanol–water partition coefficient (Wildman–Crippen LogP) is 0.740. The van der Waals surface area contributed by atoms with Gasteiger partial charge in [-0.05, 0) is 12.8 Å². The Morgan fingerprint density at radius 3 is 3.17 bits per heavy atom. The summed E-state index contributed by atoms with van der Waals surface area (Å²) < 4.78 is 7.19. The number of rotatable bonds is 4. The maximum Gasteiger partial charge on any atom is 0.317 e. The maximum atomic E-state index is 11.8. The molecule has 0 saturated carbocycles. The summed E-state index contributed by atoms with van der Waals surface area (Å²) in [6, 6.07) is -0.0747. The number of amides is 2. The molecule has 2 amide bonds. The van der Waals surface area contributed by atoms with Crippen molar-refractivity contribution >= 4 is 6.03 Å². The lowest BCUT2D eigenvalue weighted by atomic mass is 10.2. The molecule has 6 nitrogen and oxygen atoms in total. The molecular weight excluding hydrogens is 232 g/mol. The highest BCUT2D eigenvalue weighted by Crippen LogP contribution is 2.10. The van der Waals surface area contributed by atoms with E-state index in [0.717, 1.165) is 25.0 Å². The summed E-state index contributed by atoms with van der Waals surface area (Å²) >= 11 is 0. The standard InChI is InChI=1S/C12H20N4O2/c1-15(8-10-6-14-16(2)9-10)12(17)13-7-11-4-3-5-18-11/h6,9,11H,3-5,7-8H2,1-2H3,(H,13,17)/t11-/m0/s1. The Kier molecular flexibility index (Phi) is 4.19. The molecule has 1 atom stereocenters. The minimum Gasteiger partial charge on any atom is -0.376 e. The number of urea groups is 1. The van der Waals surface area contributed by atoms with Crippen LogP contribution in [0, 0.1) is 0 Å². The van der Waals surface area contributed by atoms with E-state index in [1.165, 1.54) is 0 Å². The molecule has 0 radical (unpaired) electrons. The van der Waals surface area contributed by atoms with Crippen molar-refractivity contribution in [2.45, 2.75) is 25.5 Å². The zero-order valence-electron chi connectivity index (χ0n) is 10.9. The van der Waals surface area contributed by atoms with Gasteiger partial charge in [-0.25, -0.2) is 4.79 Å². The molecule has 1 aliphatic rings. The van der Waals surface area contributed by atoms with Gasteiger partial charge >= 0.3 is 6.03 Å². The molecule has 0 aromatic carbocycles. The molecule has 1 fully saturated rings. The van der Waals surface area contributed by atoms with E-state index in [-0.39, 0.29) is 12.1 Å². The van der Waals surface area contributed by atoms with E-state index in [1.54, 1.807) is 22.8 Å². The first-order valence-corrected chi connectivity index (χ1v) is 6.23. The van der Waals surface area contributed by atoms with Crippen molar-refractivity contribution in [2.24, 2.45) is 7.05 Å². The normalized spacial score (nSPS) is 18.9. The van der Waals surface area contributed by atoms with Crippen LogP contribution in [-0.4, -0.2) is 47.0 Å². The van der Waals surface area contributed by atoms with Gasteiger partial charge in [-0.1, -0.05) is 0 Å². The summed E-state index contributed by atoms with van der Waals surface area (Å²) in [5.74, 6) is 0. The van der Waals surface area contributed by atoms with Crippen LogP contribution in [0.15, 0.2) is 12.4 Å². The number of carbonyl (C=O) groups is 1. The summed E-state index contributed by atoms with van der Waals surface area (Å²) in [6.07, 6.45) is 5.98. The number of aryl methyl sites for hydroxylation is 1. The first kappa shape index (κ1) is 12.9. The van der Waals surface area contributed by atoms with Crippen LogP contribution in [-0.2, 0) is 18.3 Å². The SMILES string of the molecule is CN(Cc1cnn(C)c1)C(=O)NC[C@@H]1CCCO1. The molecule has 1 saturated heterocycles. The van der Waals surface area contributed by atoms with Crippen molar-refractivity contribution in [3.63, 3.8) is 0 Å². The second-order valence-electron chi connectivity index (χ2n) is 4.70. The van der Waals surface area contributed by atoms with Gasteiger partial charge in [0.2, 0.25) is 0 Å². The quantitative estimate of drug-likeness (QED) is 0.860. The van der Waals surface area contributed by atoms with Crippen LogP contribution in [0.2, 0.25) is 0 Å². The fourth-order valence-electron chi connectivity index (χ4n) is 2.04. The van der Waals surface area contributed by atoms with Crippen molar-refractivity contribution < 1.29 is 9.53 Å². The number of carbonyl (C=O) groups excluding carboxylic acids is 1. The molecule has 2 rings (SSSR count). The van der Waals surface area contributed by atoms with Crippen LogP contribution in [0.3, 0.4) is 0 Å². The number of ether oxygens (including phenoxy) is 1. The van der Waals surface area contributed by atoms with Crippen molar-refractivity contribution in [2.75, 3.05) is 20.2 Å². The third-order valence-electron chi connectivity index (χ3n) is 3.03. The average molecular weight is 252 g/mol. The molecule has 0 bridgehead atoms. The topological polar surface area (TPSA) is 59.4 Å². The Hall–Kier alpha value is -1.56. The van der Waals surface area contributed by atoms with Gasteiger partial charge < -0.3 is 15.0 Å². The van der Waals surface area contributed by atoms with Gasteiger partial charge in [0.1, 0.15) is 0 Å². The predicted molar refractivity (Wildman–Crippen MR) is 67.0 cm³/mol. The third kappa shape index (κ3) is 3.46. The van der Waals surface area contributed by atoms with E-state index in [0.29, 0.717) is 13.1 Å². The van der Waals surface area contributed by atoms with Crippen LogP contribution < -0.4 is 5.32 Å². The lowest BCUT2D eigenvalue weighted by Crippen LogP contribution is -2.40. The summed E-state index contributed by atoms with van der Waals surface area (Å²) in [7, 11) is 3.64. The second-order valence-corrected chi connectivity index (χ2v) is 4.70. The summed E-state index contributed by atoms with van der Waals surface area (Å²) in [5.41, 5.74) is 1.02. The summed E-state index contributed by atoms with van der Waals surface area (Å²) in [6.45, 7) is 1.97. The number of hydrogen-bond acceptors (Lipinski definition) is 3. The zero-order valence-corrected chi connectivity index (χ0v) is 10.9. The van der Waals surface area contributed by atoms with E-state index in [2.05, 4.69) is 10.4 Å². The van der Waals surface area contributed by atoms with Gasteiger partial charge in [-0.3, -0.25) is 4.68 Å². The highest BCUT2D eigenvalue weighted by Gasteiger charge is 2.17. The van der Waals surface area contributed by atoms with Gasteiger partial charge in [0.05, 0.1) is 18.8 Å². The fraction of sp³-hybridized carbons (Fsp3) is 0.667. The van der Waals surface area contributed by atoms with Crippen LogP contribution in [0.1, 0.15) is 18.4 Å². The molecule has 2 heterocycles. The van der Waals surface area contributed by atoms with Crippen LogP contribution >= 0.6 is 0 Å². The van der Waals surface area contributed by atoms with Gasteiger partial charge in [0.25, 0.3) is 0 Å². The van der Waals surface area contributed by atoms with Gasteiger partial charge in [-0.2, -0.15) is 5.10 Å². The minimum absolute atomic E-state index is 0.0747. The molecule has 1 N–H and O–H groups in total. The highest BCUT2D eigenvalue weighted by molar-refractivity contribution is 5.73. The van der Waals surface area contributed by atoms with Crippen LogP contribution in [0.4, 0.5) is 4.79 Å². The van der Waals surface area contributed by atoms with Gasteiger partial charge in [0.15, 0.2) is 0 Å². The Balaban J connectivity index is 1.74. The van der Waals surface area contributed by atoms with Crippen molar-refractivity contribution in [1.82, 2.24) is 20.0 Å². The third-order valence-corrected chi connectivity index (χ3v) is 3.03. The smallest absolute Gasteiger partial charge is 0.317 e. The lowest BCUT2D eigenvalue weighted by molar-refractivity contribution is 0.109. The molecule has 1 aliphatic heterocycles. The van der Waals surface area contributed by atoms with E-state index in [4.69, 9.17) is 4.74 Å². The lowest BCUT2D eigenvalue weighted by Gasteiger charge is -2.18. The Labute approximate surface area is 107 Å². The molecule has 100 valence electrons. The van der Waals surface area contributed by atoms with Crippen molar-refractivity contribution in [1.29, 1.82) is 0 Å². The maximum absolute atomic E-state index is 11.8. The molecule has 1 aromatic heterocycles. The van der Waals surface area contributed by atoms with Crippen LogP contribution in [0.5, 0.6) is 0 Å². The van der Waals surface area contributed by atoms with Gasteiger partial charge in [-0.15, -0.1) is 0 Å². The van der Waals surface area contributed by atoms with Gasteiger partial charge in [0, 0.05) is 39.0 Å². The number of hydrogen-bond donors (Lipinski definition) is 1. The van der Waals surface area contributed by atoms with Crippen molar-refractivity contribution in [3.05, 3.63) is 18.0 Å². The Morgan fingerprint density at radius 2 is 2.56 bits per heavy atom. The molecule has 18 heavy (non-hydrogen) atoms. The molecular formula is C12H20N4O2. The second kappa shape index (κ2) is 5.86. The fourth-order valence-corrected chi connectivity index (χ4v) is 2.04. The summed E-state index contributed by atoms with van der Waals surface area (Å²) in [5, 5.41) is 6.96. The monoisotopic (exact) mass is 252 g/mol. The molecule has 0 aliphatic carbocycles.